The number of rotatable bonds is 3. The van der Waals surface area contributed by atoms with Crippen LogP contribution in [-0.2, 0) is 6.54 Å². The fourth-order valence-corrected chi connectivity index (χ4v) is 3.34. The third-order valence-electron chi connectivity index (χ3n) is 4.76. The normalized spacial score (nSPS) is 16.5. The van der Waals surface area contributed by atoms with Gasteiger partial charge in [0.15, 0.2) is 0 Å². The molecule has 0 aliphatic carbocycles. The fourth-order valence-electron chi connectivity index (χ4n) is 3.34. The van der Waals surface area contributed by atoms with Crippen molar-refractivity contribution in [2.75, 3.05) is 13.1 Å². The summed E-state index contributed by atoms with van der Waals surface area (Å²) in [6.07, 6.45) is 5.95. The van der Waals surface area contributed by atoms with Crippen molar-refractivity contribution in [2.24, 2.45) is 5.73 Å². The average Bonchev–Trinajstić information content (AvgIpc) is 2.64. The minimum absolute atomic E-state index is 0.363. The molecule has 0 spiro atoms. The highest BCUT2D eigenvalue weighted by Gasteiger charge is 2.16. The second-order valence-electron chi connectivity index (χ2n) is 6.54. The number of hydrogen-bond donors (Lipinski definition) is 1. The second-order valence-corrected chi connectivity index (χ2v) is 6.54. The monoisotopic (exact) mass is 318 g/mol. The Balaban J connectivity index is 1.67. The molecule has 4 heteroatoms. The summed E-state index contributed by atoms with van der Waals surface area (Å²) in [5.41, 5.74) is 10.4. The Morgan fingerprint density at radius 1 is 1.00 bits per heavy atom. The van der Waals surface area contributed by atoms with E-state index in [9.17, 15) is 0 Å². The van der Waals surface area contributed by atoms with Crippen LogP contribution < -0.4 is 5.73 Å². The topological polar surface area (TPSA) is 55.0 Å². The molecule has 2 aromatic heterocycles. The molecule has 0 atom stereocenters. The lowest BCUT2D eigenvalue weighted by Gasteiger charge is -2.29. The first kappa shape index (κ1) is 15.2. The zero-order valence-corrected chi connectivity index (χ0v) is 13.7. The largest absolute Gasteiger partial charge is 0.328 e. The van der Waals surface area contributed by atoms with Crippen LogP contribution in [0.2, 0.25) is 0 Å². The van der Waals surface area contributed by atoms with E-state index >= 15 is 0 Å². The van der Waals surface area contributed by atoms with Crippen molar-refractivity contribution >= 4 is 10.9 Å². The van der Waals surface area contributed by atoms with Gasteiger partial charge in [0.1, 0.15) is 0 Å². The summed E-state index contributed by atoms with van der Waals surface area (Å²) in [5.74, 6) is 0. The third kappa shape index (κ3) is 3.16. The number of aromatic nitrogens is 2. The van der Waals surface area contributed by atoms with Crippen LogP contribution in [0.1, 0.15) is 18.5 Å². The van der Waals surface area contributed by atoms with E-state index in [4.69, 9.17) is 10.7 Å². The van der Waals surface area contributed by atoms with Gasteiger partial charge < -0.3 is 5.73 Å². The summed E-state index contributed by atoms with van der Waals surface area (Å²) in [6, 6.07) is 15.0. The van der Waals surface area contributed by atoms with E-state index in [1.54, 1.807) is 0 Å². The van der Waals surface area contributed by atoms with Gasteiger partial charge in [0.05, 0.1) is 11.2 Å². The molecule has 1 aromatic carbocycles. The highest BCUT2D eigenvalue weighted by Crippen LogP contribution is 2.26. The smallest absolute Gasteiger partial charge is 0.0815 e. The van der Waals surface area contributed by atoms with Crippen molar-refractivity contribution in [3.63, 3.8) is 0 Å². The quantitative estimate of drug-likeness (QED) is 0.805. The molecule has 4 nitrogen and oxygen atoms in total. The molecule has 0 unspecified atom stereocenters. The molecular weight excluding hydrogens is 296 g/mol. The van der Waals surface area contributed by atoms with Gasteiger partial charge in [-0.25, -0.2) is 0 Å². The Morgan fingerprint density at radius 2 is 1.79 bits per heavy atom. The number of likely N-dealkylation sites (tertiary alicyclic amines) is 1. The van der Waals surface area contributed by atoms with Gasteiger partial charge in [0.2, 0.25) is 0 Å². The van der Waals surface area contributed by atoms with Gasteiger partial charge in [-0.2, -0.15) is 0 Å². The Labute approximate surface area is 142 Å². The van der Waals surface area contributed by atoms with Crippen molar-refractivity contribution < 1.29 is 0 Å². The summed E-state index contributed by atoms with van der Waals surface area (Å²) in [6.45, 7) is 3.00. The van der Waals surface area contributed by atoms with Crippen LogP contribution in [0.25, 0.3) is 22.0 Å². The molecule has 1 aliphatic heterocycles. The molecule has 2 N–H and O–H groups in total. The highest BCUT2D eigenvalue weighted by molar-refractivity contribution is 5.92. The first-order valence-electron chi connectivity index (χ1n) is 8.56. The first-order chi connectivity index (χ1) is 11.8. The molecule has 0 bridgehead atoms. The highest BCUT2D eigenvalue weighted by atomic mass is 15.1. The number of pyridine rings is 2. The zero-order valence-electron chi connectivity index (χ0n) is 13.7. The van der Waals surface area contributed by atoms with Crippen molar-refractivity contribution in [3.8, 4) is 11.1 Å². The Hall–Kier alpha value is -2.30. The lowest BCUT2D eigenvalue weighted by molar-refractivity contribution is 0.204. The maximum absolute atomic E-state index is 6.00. The molecule has 0 radical (unpaired) electrons. The Kier molecular flexibility index (Phi) is 4.24. The number of benzene rings is 1. The summed E-state index contributed by atoms with van der Waals surface area (Å²) in [5, 5.41) is 1.08. The predicted octanol–water partition coefficient (Wildman–Crippen LogP) is 3.22. The maximum Gasteiger partial charge on any atom is 0.0815 e. The number of hydrogen-bond acceptors (Lipinski definition) is 4. The summed E-state index contributed by atoms with van der Waals surface area (Å²) >= 11 is 0. The number of nitrogens with two attached hydrogens (primary N) is 1. The average molecular weight is 318 g/mol. The van der Waals surface area contributed by atoms with Crippen molar-refractivity contribution in [1.29, 1.82) is 0 Å². The molecule has 4 rings (SSSR count). The second kappa shape index (κ2) is 6.67. The summed E-state index contributed by atoms with van der Waals surface area (Å²) in [7, 11) is 0. The van der Waals surface area contributed by atoms with E-state index in [2.05, 4.69) is 46.3 Å². The van der Waals surface area contributed by atoms with Gasteiger partial charge in [-0.05, 0) is 30.5 Å². The van der Waals surface area contributed by atoms with E-state index in [0.717, 1.165) is 60.2 Å². The lowest BCUT2D eigenvalue weighted by atomic mass is 10.0. The van der Waals surface area contributed by atoms with Gasteiger partial charge in [-0.3, -0.25) is 14.9 Å². The molecule has 3 heterocycles. The van der Waals surface area contributed by atoms with Gasteiger partial charge in [-0.15, -0.1) is 0 Å². The van der Waals surface area contributed by atoms with Crippen LogP contribution in [0.3, 0.4) is 0 Å². The first-order valence-corrected chi connectivity index (χ1v) is 8.56. The SMILES string of the molecule is NC1CCN(Cc2ccc3cncc(-c4ccccc4)c3n2)CC1. The van der Waals surface area contributed by atoms with E-state index in [1.807, 2.05) is 18.5 Å². The predicted molar refractivity (Wildman–Crippen MR) is 97.5 cm³/mol. The Morgan fingerprint density at radius 3 is 2.58 bits per heavy atom. The van der Waals surface area contributed by atoms with E-state index < -0.39 is 0 Å². The van der Waals surface area contributed by atoms with Crippen LogP contribution in [-0.4, -0.2) is 34.0 Å². The molecular formula is C20H22N4. The van der Waals surface area contributed by atoms with Crippen LogP contribution in [0, 0.1) is 0 Å². The van der Waals surface area contributed by atoms with Gasteiger partial charge >= 0.3 is 0 Å². The molecule has 1 aliphatic rings. The maximum atomic E-state index is 6.00. The summed E-state index contributed by atoms with van der Waals surface area (Å²) < 4.78 is 0. The van der Waals surface area contributed by atoms with Gasteiger partial charge in [-0.1, -0.05) is 30.3 Å². The molecule has 24 heavy (non-hydrogen) atoms. The third-order valence-corrected chi connectivity index (χ3v) is 4.76. The number of piperidine rings is 1. The minimum Gasteiger partial charge on any atom is -0.328 e. The fraction of sp³-hybridized carbons (Fsp3) is 0.300. The molecule has 122 valence electrons. The zero-order chi connectivity index (χ0) is 16.4. The van der Waals surface area contributed by atoms with Crippen LogP contribution >= 0.6 is 0 Å². The van der Waals surface area contributed by atoms with E-state index in [1.165, 1.54) is 0 Å². The van der Waals surface area contributed by atoms with Crippen molar-refractivity contribution in [2.45, 2.75) is 25.4 Å². The molecule has 0 amide bonds. The van der Waals surface area contributed by atoms with E-state index in [-0.39, 0.29) is 0 Å². The standard InChI is InChI=1S/C20H22N4/c21-17-8-10-24(11-9-17)14-18-7-6-16-12-22-13-19(20(16)23-18)15-4-2-1-3-5-15/h1-7,12-13,17H,8-11,14,21H2. The van der Waals surface area contributed by atoms with Gasteiger partial charge in [0.25, 0.3) is 0 Å². The molecule has 0 saturated carbocycles. The molecule has 1 saturated heterocycles. The van der Waals surface area contributed by atoms with Crippen molar-refractivity contribution in [3.05, 3.63) is 60.6 Å². The lowest BCUT2D eigenvalue weighted by Crippen LogP contribution is -2.39. The number of fused-ring (bicyclic) bond motifs is 1. The minimum atomic E-state index is 0.363. The van der Waals surface area contributed by atoms with E-state index in [0.29, 0.717) is 6.04 Å². The van der Waals surface area contributed by atoms with Crippen LogP contribution in [0.15, 0.2) is 54.9 Å². The number of nitrogens with zero attached hydrogens (tertiary/aromatic N) is 3. The summed E-state index contributed by atoms with van der Waals surface area (Å²) in [4.78, 5) is 11.8. The van der Waals surface area contributed by atoms with Crippen LogP contribution in [0.5, 0.6) is 0 Å². The van der Waals surface area contributed by atoms with Gasteiger partial charge in [0, 0.05) is 49.0 Å². The molecule has 1 fully saturated rings. The van der Waals surface area contributed by atoms with Crippen LogP contribution in [0.4, 0.5) is 0 Å². The van der Waals surface area contributed by atoms with Crippen molar-refractivity contribution in [1.82, 2.24) is 14.9 Å². The Bertz CT molecular complexity index is 823. The molecule has 3 aromatic rings.